The van der Waals surface area contributed by atoms with Crippen LogP contribution in [0.3, 0.4) is 0 Å². The van der Waals surface area contributed by atoms with Crippen LogP contribution in [0.5, 0.6) is 11.5 Å². The van der Waals surface area contributed by atoms with Gasteiger partial charge in [-0.05, 0) is 44.5 Å². The number of hydrogen-bond acceptors (Lipinski definition) is 4. The van der Waals surface area contributed by atoms with Crippen molar-refractivity contribution in [2.75, 3.05) is 46.4 Å². The molecule has 0 bridgehead atoms. The lowest BCUT2D eigenvalue weighted by Gasteiger charge is -2.21. The first kappa shape index (κ1) is 18.6. The van der Waals surface area contributed by atoms with Crippen molar-refractivity contribution < 1.29 is 14.3 Å². The van der Waals surface area contributed by atoms with Crippen molar-refractivity contribution >= 4 is 5.91 Å². The van der Waals surface area contributed by atoms with Crippen LogP contribution >= 0.6 is 0 Å². The second-order valence-corrected chi connectivity index (χ2v) is 6.32. The van der Waals surface area contributed by atoms with Gasteiger partial charge in [-0.15, -0.1) is 0 Å². The molecule has 1 fully saturated rings. The topological polar surface area (TPSA) is 42.0 Å². The number of carbonyl (C=O) groups excluding carboxylic acids is 1. The van der Waals surface area contributed by atoms with Crippen LogP contribution in [0.25, 0.3) is 0 Å². The summed E-state index contributed by atoms with van der Waals surface area (Å²) in [5.74, 6) is 1.78. The highest BCUT2D eigenvalue weighted by atomic mass is 16.5. The Labute approximate surface area is 145 Å². The van der Waals surface area contributed by atoms with E-state index in [9.17, 15) is 4.79 Å². The number of benzene rings is 1. The maximum absolute atomic E-state index is 12.2. The second kappa shape index (κ2) is 10.2. The fraction of sp³-hybridized carbons (Fsp3) is 0.632. The summed E-state index contributed by atoms with van der Waals surface area (Å²) >= 11 is 0. The predicted octanol–water partition coefficient (Wildman–Crippen LogP) is 2.80. The van der Waals surface area contributed by atoms with Crippen LogP contribution in [-0.4, -0.2) is 62.1 Å². The molecule has 5 nitrogen and oxygen atoms in total. The highest BCUT2D eigenvalue weighted by Gasteiger charge is 2.17. The standard InChI is InChI=1S/C19H30N2O3/c1-3-4-13-23-17-8-7-9-18(15-17)24-14-12-20(2)19(22)16-21-10-5-6-11-21/h7-9,15H,3-6,10-14,16H2,1-2H3. The Balaban J connectivity index is 1.68. The summed E-state index contributed by atoms with van der Waals surface area (Å²) in [5.41, 5.74) is 0. The molecule has 1 amide bonds. The smallest absolute Gasteiger partial charge is 0.236 e. The van der Waals surface area contributed by atoms with Crippen molar-refractivity contribution in [3.05, 3.63) is 24.3 Å². The first-order valence-corrected chi connectivity index (χ1v) is 9.01. The first-order valence-electron chi connectivity index (χ1n) is 9.01. The van der Waals surface area contributed by atoms with Crippen molar-refractivity contribution in [3.63, 3.8) is 0 Å². The zero-order chi connectivity index (χ0) is 17.2. The Hall–Kier alpha value is -1.75. The van der Waals surface area contributed by atoms with Crippen molar-refractivity contribution in [3.8, 4) is 11.5 Å². The summed E-state index contributed by atoms with van der Waals surface area (Å²) in [4.78, 5) is 16.1. The molecule has 1 saturated heterocycles. The highest BCUT2D eigenvalue weighted by Crippen LogP contribution is 2.19. The number of nitrogens with zero attached hydrogens (tertiary/aromatic N) is 2. The molecule has 0 N–H and O–H groups in total. The Morgan fingerprint density at radius 3 is 2.50 bits per heavy atom. The molecule has 0 radical (unpaired) electrons. The normalized spacial score (nSPS) is 14.6. The minimum absolute atomic E-state index is 0.164. The monoisotopic (exact) mass is 334 g/mol. The molecule has 134 valence electrons. The molecule has 5 heteroatoms. The van der Waals surface area contributed by atoms with Crippen LogP contribution in [0.2, 0.25) is 0 Å². The zero-order valence-electron chi connectivity index (χ0n) is 15.0. The first-order chi connectivity index (χ1) is 11.7. The van der Waals surface area contributed by atoms with Gasteiger partial charge in [0.1, 0.15) is 18.1 Å². The molecule has 1 aliphatic rings. The fourth-order valence-electron chi connectivity index (χ4n) is 2.67. The molecule has 0 aliphatic carbocycles. The molecule has 0 atom stereocenters. The lowest BCUT2D eigenvalue weighted by atomic mass is 10.3. The lowest BCUT2D eigenvalue weighted by molar-refractivity contribution is -0.131. The molecule has 0 saturated carbocycles. The van der Waals surface area contributed by atoms with Gasteiger partial charge in [0.2, 0.25) is 5.91 Å². The van der Waals surface area contributed by atoms with E-state index in [2.05, 4.69) is 11.8 Å². The molecule has 1 aliphatic heterocycles. The maximum Gasteiger partial charge on any atom is 0.236 e. The van der Waals surface area contributed by atoms with Gasteiger partial charge in [-0.2, -0.15) is 0 Å². The number of carbonyl (C=O) groups is 1. The molecule has 1 heterocycles. The van der Waals surface area contributed by atoms with E-state index in [4.69, 9.17) is 9.47 Å². The van der Waals surface area contributed by atoms with Crippen LogP contribution in [0.15, 0.2) is 24.3 Å². The lowest BCUT2D eigenvalue weighted by Crippen LogP contribution is -2.38. The molecule has 0 aromatic heterocycles. The summed E-state index contributed by atoms with van der Waals surface area (Å²) in [6.45, 7) is 6.56. The minimum atomic E-state index is 0.164. The number of likely N-dealkylation sites (tertiary alicyclic amines) is 1. The third-order valence-electron chi connectivity index (χ3n) is 4.25. The van der Waals surface area contributed by atoms with Gasteiger partial charge in [0, 0.05) is 13.1 Å². The summed E-state index contributed by atoms with van der Waals surface area (Å²) in [6, 6.07) is 7.69. The molecule has 0 spiro atoms. The molecule has 1 aromatic rings. The number of hydrogen-bond donors (Lipinski definition) is 0. The Bertz CT molecular complexity index is 501. The average Bonchev–Trinajstić information content (AvgIpc) is 3.08. The van der Waals surface area contributed by atoms with Crippen molar-refractivity contribution in [2.45, 2.75) is 32.6 Å². The number of ether oxygens (including phenoxy) is 2. The van der Waals surface area contributed by atoms with Gasteiger partial charge in [0.05, 0.1) is 19.7 Å². The predicted molar refractivity (Wildman–Crippen MR) is 95.7 cm³/mol. The van der Waals surface area contributed by atoms with Crippen molar-refractivity contribution in [1.29, 1.82) is 0 Å². The number of rotatable bonds is 10. The second-order valence-electron chi connectivity index (χ2n) is 6.32. The van der Waals surface area contributed by atoms with E-state index in [1.165, 1.54) is 12.8 Å². The van der Waals surface area contributed by atoms with E-state index >= 15 is 0 Å². The minimum Gasteiger partial charge on any atom is -0.493 e. The van der Waals surface area contributed by atoms with Gasteiger partial charge in [-0.3, -0.25) is 9.69 Å². The number of likely N-dealkylation sites (N-methyl/N-ethyl adjacent to an activating group) is 1. The molecule has 24 heavy (non-hydrogen) atoms. The van der Waals surface area contributed by atoms with E-state index in [1.54, 1.807) is 4.90 Å². The van der Waals surface area contributed by atoms with E-state index in [0.717, 1.165) is 44.0 Å². The number of unbranched alkanes of at least 4 members (excludes halogenated alkanes) is 1. The van der Waals surface area contributed by atoms with Crippen LogP contribution in [0, 0.1) is 0 Å². The third kappa shape index (κ3) is 6.40. The zero-order valence-corrected chi connectivity index (χ0v) is 15.0. The van der Waals surface area contributed by atoms with Crippen LogP contribution in [0.1, 0.15) is 32.6 Å². The van der Waals surface area contributed by atoms with Gasteiger partial charge in [0.25, 0.3) is 0 Å². The fourth-order valence-corrected chi connectivity index (χ4v) is 2.67. The molecular formula is C19H30N2O3. The largest absolute Gasteiger partial charge is 0.493 e. The van der Waals surface area contributed by atoms with Gasteiger partial charge < -0.3 is 14.4 Å². The van der Waals surface area contributed by atoms with Gasteiger partial charge in [-0.1, -0.05) is 19.4 Å². The van der Waals surface area contributed by atoms with E-state index in [-0.39, 0.29) is 5.91 Å². The summed E-state index contributed by atoms with van der Waals surface area (Å²) in [6.07, 6.45) is 4.58. The van der Waals surface area contributed by atoms with Crippen molar-refractivity contribution in [2.24, 2.45) is 0 Å². The summed E-state index contributed by atoms with van der Waals surface area (Å²) < 4.78 is 11.4. The summed E-state index contributed by atoms with van der Waals surface area (Å²) in [7, 11) is 1.84. The van der Waals surface area contributed by atoms with E-state index in [1.807, 2.05) is 31.3 Å². The third-order valence-corrected chi connectivity index (χ3v) is 4.25. The number of amides is 1. The van der Waals surface area contributed by atoms with Crippen LogP contribution < -0.4 is 9.47 Å². The van der Waals surface area contributed by atoms with E-state index < -0.39 is 0 Å². The maximum atomic E-state index is 12.2. The highest BCUT2D eigenvalue weighted by molar-refractivity contribution is 5.78. The van der Waals surface area contributed by atoms with Crippen LogP contribution in [-0.2, 0) is 4.79 Å². The quantitative estimate of drug-likeness (QED) is 0.617. The molecular weight excluding hydrogens is 304 g/mol. The Morgan fingerprint density at radius 1 is 1.17 bits per heavy atom. The average molecular weight is 334 g/mol. The molecule has 0 unspecified atom stereocenters. The SMILES string of the molecule is CCCCOc1cccc(OCCN(C)C(=O)CN2CCCC2)c1. The molecule has 1 aromatic carbocycles. The van der Waals surface area contributed by atoms with Crippen molar-refractivity contribution in [1.82, 2.24) is 9.80 Å². The molecule has 2 rings (SSSR count). The van der Waals surface area contributed by atoms with Gasteiger partial charge in [-0.25, -0.2) is 0 Å². The Kier molecular flexibility index (Phi) is 7.89. The summed E-state index contributed by atoms with van der Waals surface area (Å²) in [5, 5.41) is 0. The van der Waals surface area contributed by atoms with Gasteiger partial charge >= 0.3 is 0 Å². The van der Waals surface area contributed by atoms with Crippen LogP contribution in [0.4, 0.5) is 0 Å². The van der Waals surface area contributed by atoms with E-state index in [0.29, 0.717) is 19.7 Å². The Morgan fingerprint density at radius 2 is 1.83 bits per heavy atom. The van der Waals surface area contributed by atoms with Gasteiger partial charge in [0.15, 0.2) is 0 Å².